The Hall–Kier alpha value is -2.11. The molecule has 2 heterocycles. The third kappa shape index (κ3) is 4.04. The van der Waals surface area contributed by atoms with Gasteiger partial charge in [-0.15, -0.1) is 0 Å². The van der Waals surface area contributed by atoms with Gasteiger partial charge >= 0.3 is 6.03 Å². The van der Waals surface area contributed by atoms with Crippen LogP contribution in [0.4, 0.5) is 10.6 Å². The average Bonchev–Trinajstić information content (AvgIpc) is 2.57. The fraction of sp³-hybridized carbons (Fsp3) is 0.611. The topological polar surface area (TPSA) is 74.3 Å². The van der Waals surface area contributed by atoms with Crippen molar-refractivity contribution in [3.05, 3.63) is 23.9 Å². The lowest BCUT2D eigenvalue weighted by atomic mass is 9.84. The average molecular weight is 330 g/mol. The maximum absolute atomic E-state index is 12.7. The lowest BCUT2D eigenvalue weighted by molar-refractivity contribution is -0.128. The van der Waals surface area contributed by atoms with Gasteiger partial charge in [0.15, 0.2) is 0 Å². The Morgan fingerprint density at radius 2 is 2.12 bits per heavy atom. The van der Waals surface area contributed by atoms with Gasteiger partial charge in [0.2, 0.25) is 5.91 Å². The molecule has 1 aromatic rings. The Morgan fingerprint density at radius 3 is 2.88 bits per heavy atom. The number of aromatic nitrogens is 1. The Kier molecular flexibility index (Phi) is 5.33. The van der Waals surface area contributed by atoms with Crippen LogP contribution in [-0.2, 0) is 4.79 Å². The van der Waals surface area contributed by atoms with Crippen molar-refractivity contribution in [3.8, 4) is 0 Å². The molecule has 1 atom stereocenters. The van der Waals surface area contributed by atoms with Crippen LogP contribution in [0.3, 0.4) is 0 Å². The first-order valence-corrected chi connectivity index (χ1v) is 8.92. The van der Waals surface area contributed by atoms with Crippen molar-refractivity contribution in [1.82, 2.24) is 15.2 Å². The van der Waals surface area contributed by atoms with Crippen LogP contribution in [0.1, 0.15) is 44.2 Å². The highest BCUT2D eigenvalue weighted by Gasteiger charge is 2.35. The minimum atomic E-state index is -0.369. The number of nitrogens with one attached hydrogen (secondary N) is 2. The van der Waals surface area contributed by atoms with E-state index in [1.165, 1.54) is 32.1 Å². The fourth-order valence-electron chi connectivity index (χ4n) is 3.72. The number of rotatable bonds is 3. The molecule has 0 spiro atoms. The molecule has 3 rings (SSSR count). The van der Waals surface area contributed by atoms with Gasteiger partial charge in [-0.25, -0.2) is 9.78 Å². The summed E-state index contributed by atoms with van der Waals surface area (Å²) in [5.41, 5.74) is 0.850. The molecule has 6 nitrogen and oxygen atoms in total. The molecule has 1 aromatic heterocycles. The summed E-state index contributed by atoms with van der Waals surface area (Å²) in [6, 6.07) is 4.91. The summed E-state index contributed by atoms with van der Waals surface area (Å²) in [5.74, 6) is 1.04. The van der Waals surface area contributed by atoms with Crippen molar-refractivity contribution in [2.45, 2.75) is 51.5 Å². The Balaban J connectivity index is 1.68. The summed E-state index contributed by atoms with van der Waals surface area (Å²) in [5, 5.41) is 5.74. The summed E-state index contributed by atoms with van der Waals surface area (Å²) in [7, 11) is 0. The molecule has 2 fully saturated rings. The van der Waals surface area contributed by atoms with Crippen LogP contribution in [0.25, 0.3) is 0 Å². The molecule has 130 valence electrons. The number of piperazine rings is 1. The predicted octanol–water partition coefficient (Wildman–Crippen LogP) is 2.69. The van der Waals surface area contributed by atoms with Gasteiger partial charge in [0.1, 0.15) is 11.9 Å². The smallest absolute Gasteiger partial charge is 0.323 e. The Labute approximate surface area is 143 Å². The fourth-order valence-corrected chi connectivity index (χ4v) is 3.72. The Morgan fingerprint density at radius 1 is 1.33 bits per heavy atom. The maximum Gasteiger partial charge on any atom is 0.323 e. The van der Waals surface area contributed by atoms with Gasteiger partial charge in [0.25, 0.3) is 0 Å². The van der Waals surface area contributed by atoms with E-state index in [4.69, 9.17) is 0 Å². The summed E-state index contributed by atoms with van der Waals surface area (Å²) >= 11 is 0. The highest BCUT2D eigenvalue weighted by atomic mass is 16.2. The second kappa shape index (κ2) is 7.64. The van der Waals surface area contributed by atoms with Crippen LogP contribution in [0.2, 0.25) is 0 Å². The van der Waals surface area contributed by atoms with Gasteiger partial charge < -0.3 is 10.2 Å². The van der Waals surface area contributed by atoms with E-state index < -0.39 is 0 Å². The zero-order chi connectivity index (χ0) is 16.9. The zero-order valence-corrected chi connectivity index (χ0v) is 14.3. The number of anilines is 1. The van der Waals surface area contributed by atoms with Gasteiger partial charge in [0, 0.05) is 18.8 Å². The van der Waals surface area contributed by atoms with Crippen molar-refractivity contribution in [1.29, 1.82) is 0 Å². The molecule has 0 radical (unpaired) electrons. The first-order chi connectivity index (χ1) is 11.6. The lowest BCUT2D eigenvalue weighted by Gasteiger charge is -2.37. The lowest BCUT2D eigenvalue weighted by Crippen LogP contribution is -2.58. The summed E-state index contributed by atoms with van der Waals surface area (Å²) in [6.07, 6.45) is 6.85. The van der Waals surface area contributed by atoms with Gasteiger partial charge in [-0.3, -0.25) is 10.1 Å². The molecule has 0 aromatic carbocycles. The molecule has 2 aliphatic rings. The molecule has 1 aliphatic heterocycles. The van der Waals surface area contributed by atoms with E-state index in [0.717, 1.165) is 12.1 Å². The van der Waals surface area contributed by atoms with E-state index in [2.05, 4.69) is 15.6 Å². The minimum absolute atomic E-state index is 0.0285. The van der Waals surface area contributed by atoms with E-state index in [1.54, 1.807) is 11.0 Å². The highest BCUT2D eigenvalue weighted by Crippen LogP contribution is 2.29. The molecular weight excluding hydrogens is 304 g/mol. The SMILES string of the molecule is Cc1cccc(NC(=O)N2CCNC(=O)C2CC2CCCCC2)n1. The standard InChI is InChI=1S/C18H26N4O2/c1-13-6-5-9-16(20-13)21-18(24)22-11-10-19-17(23)15(22)12-14-7-3-2-4-8-14/h5-6,9,14-15H,2-4,7-8,10-12H2,1H3,(H,19,23)(H,20,21,24). The molecule has 0 bridgehead atoms. The van der Waals surface area contributed by atoms with E-state index in [1.807, 2.05) is 19.1 Å². The number of aryl methyl sites for hydroxylation is 1. The van der Waals surface area contributed by atoms with Gasteiger partial charge in [-0.2, -0.15) is 0 Å². The molecule has 3 amide bonds. The van der Waals surface area contributed by atoms with Gasteiger partial charge in [-0.1, -0.05) is 38.2 Å². The quantitative estimate of drug-likeness (QED) is 0.895. The first kappa shape index (κ1) is 16.7. The third-order valence-corrected chi connectivity index (χ3v) is 5.00. The van der Waals surface area contributed by atoms with E-state index in [9.17, 15) is 9.59 Å². The van der Waals surface area contributed by atoms with Crippen LogP contribution in [0.15, 0.2) is 18.2 Å². The molecule has 1 saturated carbocycles. The van der Waals surface area contributed by atoms with Crippen molar-refractivity contribution in [2.75, 3.05) is 18.4 Å². The highest BCUT2D eigenvalue weighted by molar-refractivity contribution is 5.94. The number of pyridine rings is 1. The van der Waals surface area contributed by atoms with E-state index in [0.29, 0.717) is 24.8 Å². The van der Waals surface area contributed by atoms with Crippen molar-refractivity contribution >= 4 is 17.8 Å². The van der Waals surface area contributed by atoms with Crippen LogP contribution in [-0.4, -0.2) is 41.0 Å². The third-order valence-electron chi connectivity index (χ3n) is 5.00. The van der Waals surface area contributed by atoms with Crippen LogP contribution in [0, 0.1) is 12.8 Å². The number of amides is 3. The summed E-state index contributed by atoms with van der Waals surface area (Å²) in [6.45, 7) is 2.94. The van der Waals surface area contributed by atoms with Crippen LogP contribution in [0.5, 0.6) is 0 Å². The van der Waals surface area contributed by atoms with Crippen molar-refractivity contribution in [2.24, 2.45) is 5.92 Å². The molecule has 1 saturated heterocycles. The second-order valence-corrected chi connectivity index (χ2v) is 6.83. The molecule has 6 heteroatoms. The molecule has 1 unspecified atom stereocenters. The number of carbonyl (C=O) groups excluding carboxylic acids is 2. The number of urea groups is 1. The monoisotopic (exact) mass is 330 g/mol. The molecule has 2 N–H and O–H groups in total. The second-order valence-electron chi connectivity index (χ2n) is 6.83. The van der Waals surface area contributed by atoms with Crippen molar-refractivity contribution < 1.29 is 9.59 Å². The largest absolute Gasteiger partial charge is 0.353 e. The minimum Gasteiger partial charge on any atom is -0.353 e. The number of nitrogens with zero attached hydrogens (tertiary/aromatic N) is 2. The van der Waals surface area contributed by atoms with Crippen LogP contribution < -0.4 is 10.6 Å². The number of hydrogen-bond donors (Lipinski definition) is 2. The summed E-state index contributed by atoms with van der Waals surface area (Å²) in [4.78, 5) is 31.0. The zero-order valence-electron chi connectivity index (χ0n) is 14.3. The molecule has 24 heavy (non-hydrogen) atoms. The number of carbonyl (C=O) groups is 2. The molecule has 1 aliphatic carbocycles. The Bertz CT molecular complexity index is 598. The summed E-state index contributed by atoms with van der Waals surface area (Å²) < 4.78 is 0. The van der Waals surface area contributed by atoms with E-state index >= 15 is 0 Å². The van der Waals surface area contributed by atoms with Gasteiger partial charge in [0.05, 0.1) is 0 Å². The molecular formula is C18H26N4O2. The van der Waals surface area contributed by atoms with Crippen LogP contribution >= 0.6 is 0 Å². The number of hydrogen-bond acceptors (Lipinski definition) is 3. The van der Waals surface area contributed by atoms with Crippen molar-refractivity contribution in [3.63, 3.8) is 0 Å². The van der Waals surface area contributed by atoms with Gasteiger partial charge in [-0.05, 0) is 31.4 Å². The first-order valence-electron chi connectivity index (χ1n) is 8.92. The van der Waals surface area contributed by atoms with E-state index in [-0.39, 0.29) is 18.0 Å². The predicted molar refractivity (Wildman–Crippen MR) is 92.7 cm³/mol. The normalized spacial score (nSPS) is 22.1. The maximum atomic E-state index is 12.7.